The number of nitrogens with zero attached hydrogens (tertiary/aromatic N) is 1. The van der Waals surface area contributed by atoms with Crippen LogP contribution in [0.3, 0.4) is 0 Å². The third-order valence-electron chi connectivity index (χ3n) is 4.67. The Morgan fingerprint density at radius 2 is 1.85 bits per heavy atom. The zero-order valence-electron chi connectivity index (χ0n) is 12.6. The van der Waals surface area contributed by atoms with Crippen molar-refractivity contribution in [2.75, 3.05) is 19.6 Å². The van der Waals surface area contributed by atoms with Crippen molar-refractivity contribution in [2.45, 2.75) is 70.1 Å². The van der Waals surface area contributed by atoms with Crippen LogP contribution in [0.1, 0.15) is 52.4 Å². The van der Waals surface area contributed by atoms with Gasteiger partial charge < -0.3 is 5.32 Å². The zero-order chi connectivity index (χ0) is 14.8. The van der Waals surface area contributed by atoms with Crippen molar-refractivity contribution in [3.63, 3.8) is 0 Å². The van der Waals surface area contributed by atoms with Gasteiger partial charge in [-0.25, -0.2) is 0 Å². The molecule has 2 nitrogen and oxygen atoms in total. The number of alkyl halides is 3. The molecule has 1 unspecified atom stereocenters. The average molecular weight is 292 g/mol. The number of nitrogens with one attached hydrogen (secondary N) is 1. The second-order valence-electron chi connectivity index (χ2n) is 7.03. The molecule has 0 radical (unpaired) electrons. The van der Waals surface area contributed by atoms with Crippen molar-refractivity contribution >= 4 is 0 Å². The second kappa shape index (κ2) is 6.22. The summed E-state index contributed by atoms with van der Waals surface area (Å²) in [6, 6.07) is 0.0178. The number of hydrogen-bond acceptors (Lipinski definition) is 2. The molecule has 0 aromatic rings. The first-order chi connectivity index (χ1) is 9.30. The van der Waals surface area contributed by atoms with E-state index in [4.69, 9.17) is 0 Å². The van der Waals surface area contributed by atoms with Crippen LogP contribution < -0.4 is 5.32 Å². The van der Waals surface area contributed by atoms with Crippen molar-refractivity contribution in [1.29, 1.82) is 0 Å². The van der Waals surface area contributed by atoms with Gasteiger partial charge in [0, 0.05) is 24.7 Å². The molecule has 1 N–H and O–H groups in total. The SMILES string of the molecule is CC(C)CC1CNC2(CCCCC2)CN1CC(F)(F)F. The van der Waals surface area contributed by atoms with E-state index in [2.05, 4.69) is 19.2 Å². The van der Waals surface area contributed by atoms with Gasteiger partial charge in [0.1, 0.15) is 0 Å². The molecule has 0 aromatic carbocycles. The molecule has 2 fully saturated rings. The van der Waals surface area contributed by atoms with Crippen LogP contribution in [-0.4, -0.2) is 42.3 Å². The maximum absolute atomic E-state index is 12.8. The summed E-state index contributed by atoms with van der Waals surface area (Å²) in [4.78, 5) is 1.70. The summed E-state index contributed by atoms with van der Waals surface area (Å²) in [5.41, 5.74) is -0.0586. The molecule has 0 bridgehead atoms. The van der Waals surface area contributed by atoms with Crippen LogP contribution in [0.4, 0.5) is 13.2 Å². The molecule has 2 rings (SSSR count). The van der Waals surface area contributed by atoms with Gasteiger partial charge >= 0.3 is 6.18 Å². The molecule has 2 aliphatic rings. The minimum Gasteiger partial charge on any atom is -0.308 e. The summed E-state index contributed by atoms with van der Waals surface area (Å²) in [5, 5.41) is 3.60. The van der Waals surface area contributed by atoms with E-state index in [0.717, 1.165) is 32.1 Å². The van der Waals surface area contributed by atoms with E-state index in [1.165, 1.54) is 6.42 Å². The number of rotatable bonds is 3. The molecule has 1 aliphatic carbocycles. The summed E-state index contributed by atoms with van der Waals surface area (Å²) in [6.07, 6.45) is 2.29. The van der Waals surface area contributed by atoms with Crippen LogP contribution in [0.5, 0.6) is 0 Å². The van der Waals surface area contributed by atoms with Gasteiger partial charge in [-0.05, 0) is 25.2 Å². The van der Waals surface area contributed by atoms with E-state index in [-0.39, 0.29) is 11.6 Å². The van der Waals surface area contributed by atoms with Gasteiger partial charge in [-0.1, -0.05) is 33.1 Å². The van der Waals surface area contributed by atoms with Gasteiger partial charge in [0.2, 0.25) is 0 Å². The highest BCUT2D eigenvalue weighted by Crippen LogP contribution is 2.34. The molecular formula is C15H27F3N2. The maximum Gasteiger partial charge on any atom is 0.401 e. The molecule has 1 spiro atoms. The molecule has 118 valence electrons. The van der Waals surface area contributed by atoms with E-state index in [9.17, 15) is 13.2 Å². The Labute approximate surface area is 120 Å². The van der Waals surface area contributed by atoms with Crippen molar-refractivity contribution in [2.24, 2.45) is 5.92 Å². The number of piperazine rings is 1. The topological polar surface area (TPSA) is 15.3 Å². The minimum atomic E-state index is -4.09. The fourth-order valence-corrected chi connectivity index (χ4v) is 3.79. The Hall–Kier alpha value is -0.290. The molecule has 0 aromatic heterocycles. The Balaban J connectivity index is 2.05. The summed E-state index contributed by atoms with van der Waals surface area (Å²) in [6.45, 7) is 4.67. The highest BCUT2D eigenvalue weighted by molar-refractivity contribution is 5.00. The molecular weight excluding hydrogens is 265 g/mol. The molecule has 1 saturated heterocycles. The maximum atomic E-state index is 12.8. The monoisotopic (exact) mass is 292 g/mol. The number of halogens is 3. The van der Waals surface area contributed by atoms with Crippen LogP contribution in [0, 0.1) is 5.92 Å². The standard InChI is InChI=1S/C15H27F3N2/c1-12(2)8-13-9-19-14(6-4-3-5-7-14)10-20(13)11-15(16,17)18/h12-13,19H,3-11H2,1-2H3. The summed E-state index contributed by atoms with van der Waals surface area (Å²) < 4.78 is 38.5. The van der Waals surface area contributed by atoms with E-state index in [1.54, 1.807) is 4.90 Å². The van der Waals surface area contributed by atoms with Crippen molar-refractivity contribution in [1.82, 2.24) is 10.2 Å². The van der Waals surface area contributed by atoms with Crippen LogP contribution >= 0.6 is 0 Å². The Bertz CT molecular complexity index is 309. The molecule has 5 heteroatoms. The molecule has 20 heavy (non-hydrogen) atoms. The Morgan fingerprint density at radius 1 is 1.20 bits per heavy atom. The van der Waals surface area contributed by atoms with Gasteiger partial charge in [-0.15, -0.1) is 0 Å². The van der Waals surface area contributed by atoms with Crippen molar-refractivity contribution in [3.05, 3.63) is 0 Å². The Morgan fingerprint density at radius 3 is 2.40 bits per heavy atom. The van der Waals surface area contributed by atoms with Gasteiger partial charge in [0.25, 0.3) is 0 Å². The predicted molar refractivity (Wildman–Crippen MR) is 74.7 cm³/mol. The summed E-state index contributed by atoms with van der Waals surface area (Å²) in [7, 11) is 0. The normalized spacial score (nSPS) is 28.2. The van der Waals surface area contributed by atoms with Crippen LogP contribution in [0.15, 0.2) is 0 Å². The lowest BCUT2D eigenvalue weighted by Gasteiger charge is -2.50. The van der Waals surface area contributed by atoms with Crippen LogP contribution in [-0.2, 0) is 0 Å². The third kappa shape index (κ3) is 4.35. The van der Waals surface area contributed by atoms with E-state index in [0.29, 0.717) is 19.0 Å². The van der Waals surface area contributed by atoms with E-state index >= 15 is 0 Å². The molecule has 1 saturated carbocycles. The fourth-order valence-electron chi connectivity index (χ4n) is 3.79. The quantitative estimate of drug-likeness (QED) is 0.855. The summed E-state index contributed by atoms with van der Waals surface area (Å²) in [5.74, 6) is 0.429. The van der Waals surface area contributed by atoms with Crippen LogP contribution in [0.2, 0.25) is 0 Å². The summed E-state index contributed by atoms with van der Waals surface area (Å²) >= 11 is 0. The fraction of sp³-hybridized carbons (Fsp3) is 1.00. The number of hydrogen-bond donors (Lipinski definition) is 1. The van der Waals surface area contributed by atoms with E-state index in [1.807, 2.05) is 0 Å². The first-order valence-electron chi connectivity index (χ1n) is 7.85. The molecule has 1 aliphatic heterocycles. The zero-order valence-corrected chi connectivity index (χ0v) is 12.6. The first-order valence-corrected chi connectivity index (χ1v) is 7.85. The highest BCUT2D eigenvalue weighted by atomic mass is 19.4. The smallest absolute Gasteiger partial charge is 0.308 e. The lowest BCUT2D eigenvalue weighted by molar-refractivity contribution is -0.158. The van der Waals surface area contributed by atoms with Crippen molar-refractivity contribution < 1.29 is 13.2 Å². The van der Waals surface area contributed by atoms with Gasteiger partial charge in [-0.2, -0.15) is 13.2 Å². The Kier molecular flexibility index (Phi) is 5.00. The van der Waals surface area contributed by atoms with Crippen molar-refractivity contribution in [3.8, 4) is 0 Å². The van der Waals surface area contributed by atoms with Gasteiger partial charge in [-0.3, -0.25) is 4.90 Å². The van der Waals surface area contributed by atoms with E-state index < -0.39 is 12.7 Å². The lowest BCUT2D eigenvalue weighted by atomic mass is 9.79. The molecule has 1 heterocycles. The van der Waals surface area contributed by atoms with Crippen LogP contribution in [0.25, 0.3) is 0 Å². The minimum absolute atomic E-state index is 0.0178. The first kappa shape index (κ1) is 16.1. The largest absolute Gasteiger partial charge is 0.401 e. The third-order valence-corrected chi connectivity index (χ3v) is 4.67. The van der Waals surface area contributed by atoms with Gasteiger partial charge in [0.15, 0.2) is 0 Å². The average Bonchev–Trinajstić information content (AvgIpc) is 2.32. The second-order valence-corrected chi connectivity index (χ2v) is 7.03. The molecule has 0 amide bonds. The lowest BCUT2D eigenvalue weighted by Crippen LogP contribution is -2.66. The molecule has 1 atom stereocenters. The predicted octanol–water partition coefficient (Wildman–Crippen LogP) is 3.57. The highest BCUT2D eigenvalue weighted by Gasteiger charge is 2.43. The van der Waals surface area contributed by atoms with Gasteiger partial charge in [0.05, 0.1) is 6.54 Å².